The molecule has 0 bridgehead atoms. The van der Waals surface area contributed by atoms with Crippen LogP contribution in [0.5, 0.6) is 0 Å². The van der Waals surface area contributed by atoms with Crippen molar-refractivity contribution in [2.75, 3.05) is 20.3 Å². The lowest BCUT2D eigenvalue weighted by atomic mass is 9.79. The van der Waals surface area contributed by atoms with Crippen molar-refractivity contribution in [1.29, 1.82) is 0 Å². The molecule has 1 aliphatic carbocycles. The molecule has 0 aromatic carbocycles. The van der Waals surface area contributed by atoms with Gasteiger partial charge in [0.2, 0.25) is 0 Å². The Morgan fingerprint density at radius 1 is 1.06 bits per heavy atom. The zero-order valence-electron chi connectivity index (χ0n) is 11.9. The lowest BCUT2D eigenvalue weighted by Gasteiger charge is -2.36. The zero-order chi connectivity index (χ0) is 12.7. The molecule has 1 rings (SSSR count). The van der Waals surface area contributed by atoms with E-state index in [9.17, 15) is 0 Å². The van der Waals surface area contributed by atoms with Crippen molar-refractivity contribution in [1.82, 2.24) is 5.32 Å². The highest BCUT2D eigenvalue weighted by Crippen LogP contribution is 2.32. The van der Waals surface area contributed by atoms with Crippen LogP contribution in [0.15, 0.2) is 0 Å². The normalized spacial score (nSPS) is 27.4. The molecule has 1 atom stereocenters. The first kappa shape index (κ1) is 14.9. The first-order valence-corrected chi connectivity index (χ1v) is 7.13. The first-order chi connectivity index (χ1) is 8.22. The van der Waals surface area contributed by atoms with Gasteiger partial charge in [0, 0.05) is 13.2 Å². The fraction of sp³-hybridized carbons (Fsp3) is 1.00. The van der Waals surface area contributed by atoms with Crippen LogP contribution in [0.3, 0.4) is 0 Å². The Morgan fingerprint density at radius 3 is 2.00 bits per heavy atom. The van der Waals surface area contributed by atoms with E-state index in [4.69, 9.17) is 9.47 Å². The number of rotatable bonds is 7. The Labute approximate surface area is 106 Å². The Morgan fingerprint density at radius 2 is 1.59 bits per heavy atom. The predicted molar refractivity (Wildman–Crippen MR) is 71.0 cm³/mol. The average molecular weight is 243 g/mol. The van der Waals surface area contributed by atoms with Crippen LogP contribution in [0, 0.1) is 11.8 Å². The second-order valence-electron chi connectivity index (χ2n) is 5.11. The third kappa shape index (κ3) is 4.57. The molecule has 0 amide bonds. The Kier molecular flexibility index (Phi) is 7.09. The standard InChI is InChI=1S/C14H29NO2/c1-5-16-14(17-6-2)13(15-4)12-9-7-11(3)8-10-12/h11-15H,5-10H2,1-4H3. The Bertz CT molecular complexity index is 185. The number of hydrogen-bond acceptors (Lipinski definition) is 3. The molecule has 0 aromatic heterocycles. The van der Waals surface area contributed by atoms with Crippen LogP contribution >= 0.6 is 0 Å². The second-order valence-corrected chi connectivity index (χ2v) is 5.11. The van der Waals surface area contributed by atoms with Gasteiger partial charge in [0.25, 0.3) is 0 Å². The van der Waals surface area contributed by atoms with E-state index in [0.29, 0.717) is 25.2 Å². The molecule has 0 saturated heterocycles. The smallest absolute Gasteiger partial charge is 0.172 e. The Hall–Kier alpha value is -0.120. The number of hydrogen-bond donors (Lipinski definition) is 1. The van der Waals surface area contributed by atoms with Crippen molar-refractivity contribution in [3.8, 4) is 0 Å². The molecule has 0 aromatic rings. The largest absolute Gasteiger partial charge is 0.351 e. The maximum Gasteiger partial charge on any atom is 0.172 e. The van der Waals surface area contributed by atoms with Gasteiger partial charge in [0.1, 0.15) is 0 Å². The van der Waals surface area contributed by atoms with E-state index in [2.05, 4.69) is 12.2 Å². The third-order valence-corrected chi connectivity index (χ3v) is 3.86. The monoisotopic (exact) mass is 243 g/mol. The van der Waals surface area contributed by atoms with Crippen LogP contribution < -0.4 is 5.32 Å². The first-order valence-electron chi connectivity index (χ1n) is 7.13. The van der Waals surface area contributed by atoms with E-state index >= 15 is 0 Å². The van der Waals surface area contributed by atoms with Gasteiger partial charge in [0.15, 0.2) is 6.29 Å². The molecule has 17 heavy (non-hydrogen) atoms. The van der Waals surface area contributed by atoms with Gasteiger partial charge in [-0.3, -0.25) is 0 Å². The highest BCUT2D eigenvalue weighted by molar-refractivity contribution is 4.82. The maximum absolute atomic E-state index is 5.73. The molecule has 1 unspecified atom stereocenters. The maximum atomic E-state index is 5.73. The lowest BCUT2D eigenvalue weighted by Crippen LogP contribution is -2.47. The van der Waals surface area contributed by atoms with E-state index in [1.54, 1.807) is 0 Å². The summed E-state index contributed by atoms with van der Waals surface area (Å²) in [5, 5.41) is 3.41. The molecule has 0 radical (unpaired) electrons. The minimum atomic E-state index is -0.0894. The van der Waals surface area contributed by atoms with E-state index in [0.717, 1.165) is 5.92 Å². The molecule has 3 heteroatoms. The van der Waals surface area contributed by atoms with Crippen molar-refractivity contribution >= 4 is 0 Å². The minimum Gasteiger partial charge on any atom is -0.351 e. The summed E-state index contributed by atoms with van der Waals surface area (Å²) in [7, 11) is 2.02. The second kappa shape index (κ2) is 8.06. The molecule has 3 nitrogen and oxygen atoms in total. The molecular formula is C14H29NO2. The summed E-state index contributed by atoms with van der Waals surface area (Å²) in [6, 6.07) is 0.336. The fourth-order valence-corrected chi connectivity index (χ4v) is 2.82. The van der Waals surface area contributed by atoms with Crippen LogP contribution in [-0.2, 0) is 9.47 Å². The van der Waals surface area contributed by atoms with Crippen molar-refractivity contribution in [2.45, 2.75) is 58.8 Å². The predicted octanol–water partition coefficient (Wildman–Crippen LogP) is 2.80. The van der Waals surface area contributed by atoms with Crippen molar-refractivity contribution in [3.63, 3.8) is 0 Å². The van der Waals surface area contributed by atoms with Gasteiger partial charge in [-0.05, 0) is 45.6 Å². The van der Waals surface area contributed by atoms with Gasteiger partial charge in [-0.15, -0.1) is 0 Å². The van der Waals surface area contributed by atoms with Gasteiger partial charge < -0.3 is 14.8 Å². The summed E-state index contributed by atoms with van der Waals surface area (Å²) in [5.41, 5.74) is 0. The minimum absolute atomic E-state index is 0.0894. The highest BCUT2D eigenvalue weighted by Gasteiger charge is 2.31. The zero-order valence-corrected chi connectivity index (χ0v) is 11.9. The van der Waals surface area contributed by atoms with Crippen LogP contribution in [0.25, 0.3) is 0 Å². The molecule has 1 saturated carbocycles. The average Bonchev–Trinajstić information content (AvgIpc) is 2.33. The molecule has 102 valence electrons. The summed E-state index contributed by atoms with van der Waals surface area (Å²) >= 11 is 0. The van der Waals surface area contributed by atoms with E-state index < -0.39 is 0 Å². The van der Waals surface area contributed by atoms with Crippen LogP contribution in [0.1, 0.15) is 46.5 Å². The van der Waals surface area contributed by atoms with Crippen LogP contribution in [0.2, 0.25) is 0 Å². The molecular weight excluding hydrogens is 214 g/mol. The fourth-order valence-electron chi connectivity index (χ4n) is 2.82. The van der Waals surface area contributed by atoms with Crippen LogP contribution in [-0.4, -0.2) is 32.6 Å². The SMILES string of the molecule is CCOC(OCC)C(NC)C1CCC(C)CC1. The molecule has 0 spiro atoms. The highest BCUT2D eigenvalue weighted by atomic mass is 16.7. The molecule has 1 aliphatic rings. The van der Waals surface area contributed by atoms with Crippen LogP contribution in [0.4, 0.5) is 0 Å². The van der Waals surface area contributed by atoms with Gasteiger partial charge in [0.05, 0.1) is 6.04 Å². The third-order valence-electron chi connectivity index (χ3n) is 3.86. The molecule has 1 fully saturated rings. The summed E-state index contributed by atoms with van der Waals surface area (Å²) in [4.78, 5) is 0. The van der Waals surface area contributed by atoms with Crippen molar-refractivity contribution < 1.29 is 9.47 Å². The van der Waals surface area contributed by atoms with E-state index in [1.165, 1.54) is 25.7 Å². The van der Waals surface area contributed by atoms with Gasteiger partial charge >= 0.3 is 0 Å². The lowest BCUT2D eigenvalue weighted by molar-refractivity contribution is -0.163. The van der Waals surface area contributed by atoms with Gasteiger partial charge in [-0.2, -0.15) is 0 Å². The van der Waals surface area contributed by atoms with E-state index in [-0.39, 0.29) is 6.29 Å². The number of likely N-dealkylation sites (N-methyl/N-ethyl adjacent to an activating group) is 1. The summed E-state index contributed by atoms with van der Waals surface area (Å²) in [6.07, 6.45) is 5.18. The topological polar surface area (TPSA) is 30.5 Å². The van der Waals surface area contributed by atoms with E-state index in [1.807, 2.05) is 20.9 Å². The summed E-state index contributed by atoms with van der Waals surface area (Å²) < 4.78 is 11.5. The van der Waals surface area contributed by atoms with Gasteiger partial charge in [-0.25, -0.2) is 0 Å². The van der Waals surface area contributed by atoms with Crippen molar-refractivity contribution in [2.24, 2.45) is 11.8 Å². The van der Waals surface area contributed by atoms with Gasteiger partial charge in [-0.1, -0.05) is 19.8 Å². The van der Waals surface area contributed by atoms with Crippen molar-refractivity contribution in [3.05, 3.63) is 0 Å². The molecule has 0 aliphatic heterocycles. The number of nitrogens with one attached hydrogen (secondary N) is 1. The Balaban J connectivity index is 2.54. The summed E-state index contributed by atoms with van der Waals surface area (Å²) in [5.74, 6) is 1.58. The molecule has 1 N–H and O–H groups in total. The molecule has 0 heterocycles. The quantitative estimate of drug-likeness (QED) is 0.697. The number of ether oxygens (including phenoxy) is 2. The summed E-state index contributed by atoms with van der Waals surface area (Å²) in [6.45, 7) is 7.84.